The smallest absolute Gasteiger partial charge is 0.137 e. The summed E-state index contributed by atoms with van der Waals surface area (Å²) in [4.78, 5) is 2.25. The lowest BCUT2D eigenvalue weighted by molar-refractivity contribution is 0.242. The molecule has 2 nitrogen and oxygen atoms in total. The Kier molecular flexibility index (Phi) is 6.09. The Morgan fingerprint density at radius 1 is 1.41 bits per heavy atom. The Labute approximate surface area is 111 Å². The number of nitrogens with zero attached hydrogens (tertiary/aromatic N) is 1. The first kappa shape index (κ1) is 14.6. The second-order valence-corrected chi connectivity index (χ2v) is 5.42. The van der Waals surface area contributed by atoms with E-state index in [1.807, 2.05) is 6.07 Å². The third kappa shape index (κ3) is 4.74. The summed E-state index contributed by atoms with van der Waals surface area (Å²) < 4.78 is 13.9. The van der Waals surface area contributed by atoms with E-state index in [0.717, 1.165) is 25.2 Å². The molecular weight excluding hydrogens is 283 g/mol. The lowest BCUT2D eigenvalue weighted by atomic mass is 10.1. The molecule has 0 spiro atoms. The van der Waals surface area contributed by atoms with E-state index in [4.69, 9.17) is 5.73 Å². The van der Waals surface area contributed by atoms with Gasteiger partial charge in [0.15, 0.2) is 0 Å². The molecule has 0 aromatic heterocycles. The van der Waals surface area contributed by atoms with E-state index in [9.17, 15) is 4.39 Å². The van der Waals surface area contributed by atoms with Crippen molar-refractivity contribution in [2.45, 2.75) is 20.4 Å². The zero-order valence-corrected chi connectivity index (χ0v) is 12.0. The molecule has 0 atom stereocenters. The Bertz CT molecular complexity index is 355. The van der Waals surface area contributed by atoms with Gasteiger partial charge in [0.05, 0.1) is 4.47 Å². The van der Waals surface area contributed by atoms with Crippen LogP contribution in [0.1, 0.15) is 19.4 Å². The molecule has 0 fully saturated rings. The van der Waals surface area contributed by atoms with Gasteiger partial charge in [-0.15, -0.1) is 0 Å². The van der Waals surface area contributed by atoms with Gasteiger partial charge in [-0.05, 0) is 33.5 Å². The summed E-state index contributed by atoms with van der Waals surface area (Å²) in [5, 5.41) is 0. The van der Waals surface area contributed by atoms with Crippen molar-refractivity contribution in [2.75, 3.05) is 19.6 Å². The van der Waals surface area contributed by atoms with E-state index in [0.29, 0.717) is 16.9 Å². The number of hydrogen-bond acceptors (Lipinski definition) is 2. The van der Waals surface area contributed by atoms with Crippen molar-refractivity contribution in [3.63, 3.8) is 0 Å². The molecule has 4 heteroatoms. The normalized spacial score (nSPS) is 11.5. The highest BCUT2D eigenvalue weighted by molar-refractivity contribution is 9.10. The molecule has 1 aromatic carbocycles. The molecule has 0 aliphatic heterocycles. The van der Waals surface area contributed by atoms with Crippen LogP contribution in [-0.4, -0.2) is 24.5 Å². The molecular formula is C13H20BrFN2. The van der Waals surface area contributed by atoms with E-state index in [-0.39, 0.29) is 5.82 Å². The molecule has 0 radical (unpaired) electrons. The van der Waals surface area contributed by atoms with Gasteiger partial charge >= 0.3 is 0 Å². The number of hydrogen-bond donors (Lipinski definition) is 1. The molecule has 0 saturated heterocycles. The Hall–Kier alpha value is -0.450. The molecule has 0 unspecified atom stereocenters. The first-order valence-corrected chi connectivity index (χ1v) is 6.69. The minimum Gasteiger partial charge on any atom is -0.329 e. The molecule has 1 rings (SSSR count). The van der Waals surface area contributed by atoms with Crippen LogP contribution in [0.4, 0.5) is 4.39 Å². The van der Waals surface area contributed by atoms with Crippen molar-refractivity contribution < 1.29 is 4.39 Å². The van der Waals surface area contributed by atoms with Crippen LogP contribution in [-0.2, 0) is 6.54 Å². The summed E-state index contributed by atoms with van der Waals surface area (Å²) >= 11 is 3.29. The molecule has 0 heterocycles. The van der Waals surface area contributed by atoms with Crippen LogP contribution in [0, 0.1) is 11.7 Å². The lowest BCUT2D eigenvalue weighted by Gasteiger charge is -2.24. The highest BCUT2D eigenvalue weighted by Crippen LogP contribution is 2.22. The Morgan fingerprint density at radius 3 is 2.71 bits per heavy atom. The van der Waals surface area contributed by atoms with Crippen LogP contribution in [0.25, 0.3) is 0 Å². The minimum absolute atomic E-state index is 0.209. The monoisotopic (exact) mass is 302 g/mol. The van der Waals surface area contributed by atoms with Crippen molar-refractivity contribution >= 4 is 15.9 Å². The van der Waals surface area contributed by atoms with E-state index in [1.54, 1.807) is 6.07 Å². The predicted molar refractivity (Wildman–Crippen MR) is 73.3 cm³/mol. The zero-order chi connectivity index (χ0) is 12.8. The molecule has 0 amide bonds. The fourth-order valence-electron chi connectivity index (χ4n) is 1.85. The predicted octanol–water partition coefficient (Wildman–Crippen LogP) is 3.00. The molecule has 0 bridgehead atoms. The van der Waals surface area contributed by atoms with Crippen LogP contribution in [0.15, 0.2) is 22.7 Å². The van der Waals surface area contributed by atoms with Gasteiger partial charge in [0.1, 0.15) is 5.82 Å². The average molecular weight is 303 g/mol. The number of benzene rings is 1. The Morgan fingerprint density at radius 2 is 2.12 bits per heavy atom. The second-order valence-electron chi connectivity index (χ2n) is 4.63. The highest BCUT2D eigenvalue weighted by atomic mass is 79.9. The number of rotatable bonds is 6. The quantitative estimate of drug-likeness (QED) is 0.875. The largest absolute Gasteiger partial charge is 0.329 e. The van der Waals surface area contributed by atoms with Crippen molar-refractivity contribution in [3.05, 3.63) is 34.1 Å². The molecule has 96 valence electrons. The maximum atomic E-state index is 13.4. The van der Waals surface area contributed by atoms with E-state index in [1.165, 1.54) is 6.07 Å². The molecule has 0 aliphatic rings. The van der Waals surface area contributed by atoms with Crippen LogP contribution in [0.5, 0.6) is 0 Å². The van der Waals surface area contributed by atoms with Crippen LogP contribution in [0.2, 0.25) is 0 Å². The summed E-state index contributed by atoms with van der Waals surface area (Å²) in [5.41, 5.74) is 6.57. The van der Waals surface area contributed by atoms with Gasteiger partial charge in [0.25, 0.3) is 0 Å². The van der Waals surface area contributed by atoms with Crippen LogP contribution in [0.3, 0.4) is 0 Å². The maximum Gasteiger partial charge on any atom is 0.137 e. The van der Waals surface area contributed by atoms with Gasteiger partial charge in [0.2, 0.25) is 0 Å². The summed E-state index contributed by atoms with van der Waals surface area (Å²) in [5.74, 6) is 0.369. The summed E-state index contributed by atoms with van der Waals surface area (Å²) in [7, 11) is 0. The Balaban J connectivity index is 2.74. The first-order valence-electron chi connectivity index (χ1n) is 5.90. The number of halogens is 2. The topological polar surface area (TPSA) is 29.3 Å². The van der Waals surface area contributed by atoms with E-state index < -0.39 is 0 Å². The molecule has 0 aliphatic carbocycles. The van der Waals surface area contributed by atoms with E-state index >= 15 is 0 Å². The number of nitrogens with two attached hydrogens (primary N) is 1. The van der Waals surface area contributed by atoms with Gasteiger partial charge in [-0.1, -0.05) is 26.0 Å². The van der Waals surface area contributed by atoms with Crippen molar-refractivity contribution in [1.29, 1.82) is 0 Å². The second kappa shape index (κ2) is 7.09. The third-order valence-electron chi connectivity index (χ3n) is 2.49. The molecule has 0 saturated carbocycles. The van der Waals surface area contributed by atoms with Gasteiger partial charge in [-0.25, -0.2) is 4.39 Å². The SMILES string of the molecule is CC(C)CN(CCN)Cc1cccc(F)c1Br. The van der Waals surface area contributed by atoms with Crippen molar-refractivity contribution in [3.8, 4) is 0 Å². The van der Waals surface area contributed by atoms with E-state index in [2.05, 4.69) is 34.7 Å². The standard InChI is InChI=1S/C13H20BrFN2/c1-10(2)8-17(7-6-16)9-11-4-3-5-12(15)13(11)14/h3-5,10H,6-9,16H2,1-2H3. The summed E-state index contributed by atoms with van der Waals surface area (Å²) in [6, 6.07) is 5.14. The van der Waals surface area contributed by atoms with Gasteiger partial charge in [-0.3, -0.25) is 4.90 Å². The average Bonchev–Trinajstić information content (AvgIpc) is 2.24. The molecule has 17 heavy (non-hydrogen) atoms. The van der Waals surface area contributed by atoms with Gasteiger partial charge in [0, 0.05) is 26.2 Å². The fourth-order valence-corrected chi connectivity index (χ4v) is 2.24. The molecule has 1 aromatic rings. The zero-order valence-electron chi connectivity index (χ0n) is 10.4. The fraction of sp³-hybridized carbons (Fsp3) is 0.538. The van der Waals surface area contributed by atoms with Crippen LogP contribution >= 0.6 is 15.9 Å². The highest BCUT2D eigenvalue weighted by Gasteiger charge is 2.11. The first-order chi connectivity index (χ1) is 8.04. The lowest BCUT2D eigenvalue weighted by Crippen LogP contribution is -2.32. The third-order valence-corrected chi connectivity index (χ3v) is 3.38. The van der Waals surface area contributed by atoms with Crippen LogP contribution < -0.4 is 5.73 Å². The van der Waals surface area contributed by atoms with Gasteiger partial charge < -0.3 is 5.73 Å². The summed E-state index contributed by atoms with van der Waals surface area (Å²) in [6.07, 6.45) is 0. The van der Waals surface area contributed by atoms with Crippen molar-refractivity contribution in [2.24, 2.45) is 11.7 Å². The van der Waals surface area contributed by atoms with Crippen molar-refractivity contribution in [1.82, 2.24) is 4.90 Å². The molecule has 2 N–H and O–H groups in total. The summed E-state index contributed by atoms with van der Waals surface area (Å²) in [6.45, 7) is 7.50. The van der Waals surface area contributed by atoms with Gasteiger partial charge in [-0.2, -0.15) is 0 Å². The minimum atomic E-state index is -0.209. The maximum absolute atomic E-state index is 13.4.